The van der Waals surface area contributed by atoms with Crippen molar-refractivity contribution in [3.05, 3.63) is 59.8 Å². The van der Waals surface area contributed by atoms with Crippen molar-refractivity contribution in [2.45, 2.75) is 13.0 Å². The van der Waals surface area contributed by atoms with Gasteiger partial charge in [-0.05, 0) is 11.1 Å². The number of carboxylic acid groups (broad SMARTS) is 1. The van der Waals surface area contributed by atoms with Gasteiger partial charge in [0.05, 0.1) is 12.8 Å². The van der Waals surface area contributed by atoms with Gasteiger partial charge in [-0.15, -0.1) is 0 Å². The van der Waals surface area contributed by atoms with Crippen LogP contribution in [-0.2, 0) is 11.4 Å². The fourth-order valence-corrected chi connectivity index (χ4v) is 2.30. The summed E-state index contributed by atoms with van der Waals surface area (Å²) in [4.78, 5) is 15.1. The van der Waals surface area contributed by atoms with Crippen LogP contribution in [-0.4, -0.2) is 22.7 Å². The van der Waals surface area contributed by atoms with E-state index in [1.54, 1.807) is 12.3 Å². The summed E-state index contributed by atoms with van der Waals surface area (Å²) >= 11 is 0. The largest absolute Gasteiger partial charge is 0.491 e. The third-order valence-corrected chi connectivity index (χ3v) is 3.34. The Morgan fingerprint density at radius 2 is 2.18 bits per heavy atom. The van der Waals surface area contributed by atoms with E-state index in [1.807, 2.05) is 30.3 Å². The van der Waals surface area contributed by atoms with Crippen molar-refractivity contribution in [2.24, 2.45) is 0 Å². The minimum absolute atomic E-state index is 0.408. The van der Waals surface area contributed by atoms with E-state index in [0.29, 0.717) is 31.3 Å². The van der Waals surface area contributed by atoms with Crippen LogP contribution in [0.5, 0.6) is 11.6 Å². The van der Waals surface area contributed by atoms with Gasteiger partial charge >= 0.3 is 5.97 Å². The number of fused-ring (bicyclic) bond motifs is 1. The summed E-state index contributed by atoms with van der Waals surface area (Å²) < 4.78 is 11.2. The van der Waals surface area contributed by atoms with Crippen molar-refractivity contribution in [3.8, 4) is 11.6 Å². The highest BCUT2D eigenvalue weighted by Gasteiger charge is 2.18. The summed E-state index contributed by atoms with van der Waals surface area (Å²) in [6, 6.07) is 11.5. The van der Waals surface area contributed by atoms with Crippen molar-refractivity contribution in [2.75, 3.05) is 6.61 Å². The van der Waals surface area contributed by atoms with Crippen molar-refractivity contribution in [1.29, 1.82) is 0 Å². The monoisotopic (exact) mass is 297 g/mol. The van der Waals surface area contributed by atoms with Gasteiger partial charge in [-0.2, -0.15) is 0 Å². The van der Waals surface area contributed by atoms with Gasteiger partial charge in [-0.3, -0.25) is 0 Å². The Hall–Kier alpha value is -2.82. The zero-order chi connectivity index (χ0) is 15.4. The van der Waals surface area contributed by atoms with E-state index < -0.39 is 5.97 Å². The van der Waals surface area contributed by atoms with Crippen LogP contribution in [0.2, 0.25) is 0 Å². The third kappa shape index (κ3) is 3.25. The number of hydrogen-bond donors (Lipinski definition) is 1. The molecule has 0 saturated carbocycles. The van der Waals surface area contributed by atoms with Gasteiger partial charge < -0.3 is 14.6 Å². The third-order valence-electron chi connectivity index (χ3n) is 3.34. The highest BCUT2D eigenvalue weighted by atomic mass is 16.5. The Labute approximate surface area is 127 Å². The number of aliphatic carboxylic acids is 1. The van der Waals surface area contributed by atoms with Crippen LogP contribution in [0.4, 0.5) is 0 Å². The van der Waals surface area contributed by atoms with Crippen LogP contribution in [0, 0.1) is 0 Å². The zero-order valence-corrected chi connectivity index (χ0v) is 11.9. The van der Waals surface area contributed by atoms with Crippen molar-refractivity contribution >= 4 is 11.5 Å². The first kappa shape index (κ1) is 14.1. The average Bonchev–Trinajstić information content (AvgIpc) is 2.54. The SMILES string of the molecule is O=C(O)/C=C1/CCOc2cnc(OCc3ccccc3)cc21. The van der Waals surface area contributed by atoms with Crippen LogP contribution in [0.25, 0.3) is 5.57 Å². The summed E-state index contributed by atoms with van der Waals surface area (Å²) in [6.45, 7) is 0.865. The summed E-state index contributed by atoms with van der Waals surface area (Å²) in [7, 11) is 0. The number of nitrogens with zero attached hydrogens (tertiary/aromatic N) is 1. The van der Waals surface area contributed by atoms with Gasteiger partial charge in [0.15, 0.2) is 0 Å². The first-order chi connectivity index (χ1) is 10.7. The highest BCUT2D eigenvalue weighted by Crippen LogP contribution is 2.34. The molecule has 0 spiro atoms. The van der Waals surface area contributed by atoms with Crippen LogP contribution >= 0.6 is 0 Å². The quantitative estimate of drug-likeness (QED) is 0.879. The second-order valence-corrected chi connectivity index (χ2v) is 4.90. The standard InChI is InChI=1S/C17H15NO4/c19-17(20)8-13-6-7-21-15-10-18-16(9-14(13)15)22-11-12-4-2-1-3-5-12/h1-5,8-10H,6-7,11H2,(H,19,20)/b13-8-. The van der Waals surface area contributed by atoms with E-state index >= 15 is 0 Å². The van der Waals surface area contributed by atoms with E-state index in [-0.39, 0.29) is 0 Å². The molecular formula is C17H15NO4. The predicted molar refractivity (Wildman–Crippen MR) is 80.7 cm³/mol. The van der Waals surface area contributed by atoms with Gasteiger partial charge in [0.1, 0.15) is 12.4 Å². The summed E-state index contributed by atoms with van der Waals surface area (Å²) in [5.41, 5.74) is 2.49. The van der Waals surface area contributed by atoms with E-state index in [4.69, 9.17) is 14.6 Å². The Balaban J connectivity index is 1.81. The second kappa shape index (κ2) is 6.30. The molecule has 0 radical (unpaired) electrons. The van der Waals surface area contributed by atoms with E-state index in [2.05, 4.69) is 4.98 Å². The molecule has 22 heavy (non-hydrogen) atoms. The molecule has 1 aliphatic rings. The smallest absolute Gasteiger partial charge is 0.328 e. The molecule has 0 atom stereocenters. The molecule has 1 N–H and O–H groups in total. The van der Waals surface area contributed by atoms with Crippen molar-refractivity contribution < 1.29 is 19.4 Å². The molecule has 1 aromatic heterocycles. The van der Waals surface area contributed by atoms with Crippen LogP contribution in [0.1, 0.15) is 17.5 Å². The molecule has 0 aliphatic carbocycles. The maximum atomic E-state index is 10.9. The molecule has 1 aromatic carbocycles. The van der Waals surface area contributed by atoms with E-state index in [0.717, 1.165) is 16.7 Å². The summed E-state index contributed by atoms with van der Waals surface area (Å²) in [5.74, 6) is 0.0709. The maximum absolute atomic E-state index is 10.9. The molecule has 2 aromatic rings. The summed E-state index contributed by atoms with van der Waals surface area (Å²) in [6.07, 6.45) is 3.34. The molecule has 0 amide bonds. The zero-order valence-electron chi connectivity index (χ0n) is 11.9. The van der Waals surface area contributed by atoms with Crippen LogP contribution in [0.3, 0.4) is 0 Å². The number of ether oxygens (including phenoxy) is 2. The predicted octanol–water partition coefficient (Wildman–Crippen LogP) is 2.91. The molecule has 0 fully saturated rings. The molecular weight excluding hydrogens is 282 g/mol. The van der Waals surface area contributed by atoms with E-state index in [9.17, 15) is 4.79 Å². The van der Waals surface area contributed by atoms with Crippen molar-refractivity contribution in [3.63, 3.8) is 0 Å². The Morgan fingerprint density at radius 1 is 1.36 bits per heavy atom. The number of pyridine rings is 1. The normalized spacial score (nSPS) is 15.0. The van der Waals surface area contributed by atoms with E-state index in [1.165, 1.54) is 6.08 Å². The Kier molecular flexibility index (Phi) is 4.05. The molecule has 112 valence electrons. The van der Waals surface area contributed by atoms with Crippen LogP contribution < -0.4 is 9.47 Å². The number of benzene rings is 1. The highest BCUT2D eigenvalue weighted by molar-refractivity contribution is 5.91. The van der Waals surface area contributed by atoms with Crippen molar-refractivity contribution in [1.82, 2.24) is 4.98 Å². The molecule has 0 unspecified atom stereocenters. The number of aromatic nitrogens is 1. The van der Waals surface area contributed by atoms with Gasteiger partial charge in [-0.1, -0.05) is 30.3 Å². The molecule has 0 bridgehead atoms. The lowest BCUT2D eigenvalue weighted by atomic mass is 10.0. The molecule has 0 saturated heterocycles. The first-order valence-corrected chi connectivity index (χ1v) is 6.96. The number of rotatable bonds is 4. The minimum Gasteiger partial charge on any atom is -0.491 e. The topological polar surface area (TPSA) is 68.7 Å². The Morgan fingerprint density at radius 3 is 2.95 bits per heavy atom. The molecule has 5 nitrogen and oxygen atoms in total. The second-order valence-electron chi connectivity index (χ2n) is 4.90. The van der Waals surface area contributed by atoms with Crippen LogP contribution in [0.15, 0.2) is 48.7 Å². The number of carboxylic acids is 1. The van der Waals surface area contributed by atoms with Gasteiger partial charge in [0.25, 0.3) is 0 Å². The number of carbonyl (C=O) groups is 1. The minimum atomic E-state index is -0.966. The lowest BCUT2D eigenvalue weighted by Gasteiger charge is -2.20. The Bertz CT molecular complexity index is 710. The first-order valence-electron chi connectivity index (χ1n) is 6.96. The molecule has 2 heterocycles. The average molecular weight is 297 g/mol. The molecule has 1 aliphatic heterocycles. The summed E-state index contributed by atoms with van der Waals surface area (Å²) in [5, 5.41) is 8.95. The fraction of sp³-hybridized carbons (Fsp3) is 0.176. The lowest BCUT2D eigenvalue weighted by Crippen LogP contribution is -2.10. The van der Waals surface area contributed by atoms with Gasteiger partial charge in [0.2, 0.25) is 5.88 Å². The fourth-order valence-electron chi connectivity index (χ4n) is 2.30. The van der Waals surface area contributed by atoms with Gasteiger partial charge in [0, 0.05) is 24.1 Å². The molecule has 3 rings (SSSR count). The lowest BCUT2D eigenvalue weighted by molar-refractivity contribution is -0.131. The van der Waals surface area contributed by atoms with Gasteiger partial charge in [-0.25, -0.2) is 9.78 Å². The maximum Gasteiger partial charge on any atom is 0.328 e. The number of hydrogen-bond acceptors (Lipinski definition) is 4. The molecule has 5 heteroatoms.